The lowest BCUT2D eigenvalue weighted by Crippen LogP contribution is -2.35. The molecule has 0 bridgehead atoms. The summed E-state index contributed by atoms with van der Waals surface area (Å²) in [5.41, 5.74) is 5.79. The van der Waals surface area contributed by atoms with Crippen molar-refractivity contribution in [1.29, 1.82) is 0 Å². The van der Waals surface area contributed by atoms with Crippen molar-refractivity contribution in [2.75, 3.05) is 6.54 Å². The highest BCUT2D eigenvalue weighted by Crippen LogP contribution is 2.31. The van der Waals surface area contributed by atoms with Crippen molar-refractivity contribution in [3.63, 3.8) is 0 Å². The first-order chi connectivity index (χ1) is 7.81. The molecule has 1 aliphatic rings. The van der Waals surface area contributed by atoms with E-state index in [0.29, 0.717) is 5.92 Å². The molecule has 1 saturated carbocycles. The topological polar surface area (TPSA) is 35.2 Å². The van der Waals surface area contributed by atoms with Gasteiger partial charge in [0, 0.05) is 5.92 Å². The van der Waals surface area contributed by atoms with Crippen LogP contribution in [0.25, 0.3) is 0 Å². The highest BCUT2D eigenvalue weighted by Gasteiger charge is 2.25. The lowest BCUT2D eigenvalue weighted by Gasteiger charge is -2.31. The van der Waals surface area contributed by atoms with Crippen molar-refractivity contribution in [1.82, 2.24) is 0 Å². The van der Waals surface area contributed by atoms with Crippen molar-refractivity contribution in [2.45, 2.75) is 31.8 Å². The van der Waals surface area contributed by atoms with Gasteiger partial charge in [0.2, 0.25) is 0 Å². The Morgan fingerprint density at radius 2 is 2.00 bits per heavy atom. The second-order valence-electron chi connectivity index (χ2n) is 4.37. The third kappa shape index (κ3) is 2.77. The van der Waals surface area contributed by atoms with E-state index in [1.54, 1.807) is 0 Å². The molecule has 2 N–H and O–H groups in total. The van der Waals surface area contributed by atoms with Crippen LogP contribution >= 0.6 is 15.9 Å². The summed E-state index contributed by atoms with van der Waals surface area (Å²) in [6.45, 7) is 0.731. The van der Waals surface area contributed by atoms with E-state index in [0.717, 1.165) is 23.2 Å². The van der Waals surface area contributed by atoms with Crippen LogP contribution in [0.4, 0.5) is 0 Å². The van der Waals surface area contributed by atoms with Gasteiger partial charge in [-0.25, -0.2) is 0 Å². The van der Waals surface area contributed by atoms with Gasteiger partial charge >= 0.3 is 0 Å². The number of nitrogens with two attached hydrogens (primary N) is 1. The van der Waals surface area contributed by atoms with E-state index in [9.17, 15) is 0 Å². The molecule has 16 heavy (non-hydrogen) atoms. The smallest absolute Gasteiger partial charge is 0.133 e. The van der Waals surface area contributed by atoms with Crippen LogP contribution in [-0.2, 0) is 0 Å². The van der Waals surface area contributed by atoms with E-state index >= 15 is 0 Å². The Balaban J connectivity index is 2.05. The Bertz CT molecular complexity index is 342. The van der Waals surface area contributed by atoms with Gasteiger partial charge in [0.05, 0.1) is 4.47 Å². The second kappa shape index (κ2) is 5.69. The summed E-state index contributed by atoms with van der Waals surface area (Å²) in [4.78, 5) is 0. The monoisotopic (exact) mass is 283 g/mol. The van der Waals surface area contributed by atoms with Crippen LogP contribution < -0.4 is 10.5 Å². The quantitative estimate of drug-likeness (QED) is 0.923. The van der Waals surface area contributed by atoms with Gasteiger partial charge in [0.15, 0.2) is 0 Å². The van der Waals surface area contributed by atoms with Crippen molar-refractivity contribution < 1.29 is 4.74 Å². The van der Waals surface area contributed by atoms with Gasteiger partial charge in [0.1, 0.15) is 11.9 Å². The van der Waals surface area contributed by atoms with Gasteiger partial charge in [-0.1, -0.05) is 18.6 Å². The summed E-state index contributed by atoms with van der Waals surface area (Å²) in [6, 6.07) is 8.01. The van der Waals surface area contributed by atoms with Crippen LogP contribution in [0, 0.1) is 5.92 Å². The standard InChI is InChI=1S/C13H18BrNO/c14-11-6-2-4-8-13(11)16-12-7-3-1-5-10(12)9-15/h2,4,6,8,10,12H,1,3,5,7,9,15H2. The predicted molar refractivity (Wildman–Crippen MR) is 69.6 cm³/mol. The van der Waals surface area contributed by atoms with Crippen LogP contribution in [-0.4, -0.2) is 12.6 Å². The minimum absolute atomic E-state index is 0.289. The first kappa shape index (κ1) is 11.9. The van der Waals surface area contributed by atoms with Gasteiger partial charge in [-0.05, 0) is 53.9 Å². The third-order valence-electron chi connectivity index (χ3n) is 3.26. The van der Waals surface area contributed by atoms with Crippen LogP contribution in [0.5, 0.6) is 5.75 Å². The minimum Gasteiger partial charge on any atom is -0.489 e. The predicted octanol–water partition coefficient (Wildman–Crippen LogP) is 3.35. The lowest BCUT2D eigenvalue weighted by atomic mass is 9.86. The molecule has 0 saturated heterocycles. The van der Waals surface area contributed by atoms with Crippen LogP contribution in [0.15, 0.2) is 28.7 Å². The minimum atomic E-state index is 0.289. The van der Waals surface area contributed by atoms with E-state index in [4.69, 9.17) is 10.5 Å². The Kier molecular flexibility index (Phi) is 4.24. The highest BCUT2D eigenvalue weighted by molar-refractivity contribution is 9.10. The molecular formula is C13H18BrNO. The molecule has 2 unspecified atom stereocenters. The molecule has 1 fully saturated rings. The molecule has 1 aromatic carbocycles. The maximum atomic E-state index is 6.06. The van der Waals surface area contributed by atoms with E-state index in [1.807, 2.05) is 24.3 Å². The van der Waals surface area contributed by atoms with Crippen molar-refractivity contribution in [3.05, 3.63) is 28.7 Å². The fourth-order valence-corrected chi connectivity index (χ4v) is 2.68. The largest absolute Gasteiger partial charge is 0.489 e. The van der Waals surface area contributed by atoms with E-state index in [-0.39, 0.29) is 6.10 Å². The Morgan fingerprint density at radius 3 is 2.75 bits per heavy atom. The zero-order valence-electron chi connectivity index (χ0n) is 9.36. The first-order valence-corrected chi connectivity index (χ1v) is 6.72. The third-order valence-corrected chi connectivity index (χ3v) is 3.91. The molecule has 0 heterocycles. The molecule has 0 aliphatic heterocycles. The molecule has 2 nitrogen and oxygen atoms in total. The average Bonchev–Trinajstić information content (AvgIpc) is 2.33. The molecule has 0 spiro atoms. The number of hydrogen-bond acceptors (Lipinski definition) is 2. The lowest BCUT2D eigenvalue weighted by molar-refractivity contribution is 0.0962. The summed E-state index contributed by atoms with van der Waals surface area (Å²) < 4.78 is 7.09. The van der Waals surface area contributed by atoms with Crippen molar-refractivity contribution in [3.8, 4) is 5.75 Å². The van der Waals surface area contributed by atoms with Crippen LogP contribution in [0.1, 0.15) is 25.7 Å². The van der Waals surface area contributed by atoms with E-state index < -0.39 is 0 Å². The molecule has 88 valence electrons. The number of ether oxygens (including phenoxy) is 1. The van der Waals surface area contributed by atoms with Crippen LogP contribution in [0.3, 0.4) is 0 Å². The zero-order valence-corrected chi connectivity index (χ0v) is 10.9. The summed E-state index contributed by atoms with van der Waals surface area (Å²) >= 11 is 3.51. The molecule has 1 aromatic rings. The maximum absolute atomic E-state index is 6.06. The SMILES string of the molecule is NCC1CCCCC1Oc1ccccc1Br. The van der Waals surface area contributed by atoms with Gasteiger partial charge in [-0.2, -0.15) is 0 Å². The number of para-hydroxylation sites is 1. The molecule has 0 amide bonds. The molecular weight excluding hydrogens is 266 g/mol. The van der Waals surface area contributed by atoms with Gasteiger partial charge in [-0.3, -0.25) is 0 Å². The summed E-state index contributed by atoms with van der Waals surface area (Å²) in [7, 11) is 0. The zero-order chi connectivity index (χ0) is 11.4. The van der Waals surface area contributed by atoms with Gasteiger partial charge in [0.25, 0.3) is 0 Å². The summed E-state index contributed by atoms with van der Waals surface area (Å²) in [5, 5.41) is 0. The normalized spacial score (nSPS) is 25.4. The maximum Gasteiger partial charge on any atom is 0.133 e. The van der Waals surface area contributed by atoms with E-state index in [2.05, 4.69) is 15.9 Å². The highest BCUT2D eigenvalue weighted by atomic mass is 79.9. The number of benzene rings is 1. The number of halogens is 1. The van der Waals surface area contributed by atoms with Gasteiger partial charge in [-0.15, -0.1) is 0 Å². The first-order valence-electron chi connectivity index (χ1n) is 5.92. The molecule has 0 radical (unpaired) electrons. The fourth-order valence-electron chi connectivity index (χ4n) is 2.30. The van der Waals surface area contributed by atoms with Crippen molar-refractivity contribution >= 4 is 15.9 Å². The molecule has 2 atom stereocenters. The summed E-state index contributed by atoms with van der Waals surface area (Å²) in [5.74, 6) is 1.45. The Morgan fingerprint density at radius 1 is 1.25 bits per heavy atom. The number of rotatable bonds is 3. The molecule has 0 aromatic heterocycles. The van der Waals surface area contributed by atoms with Crippen molar-refractivity contribution in [2.24, 2.45) is 11.7 Å². The van der Waals surface area contributed by atoms with E-state index in [1.165, 1.54) is 19.3 Å². The fraction of sp³-hybridized carbons (Fsp3) is 0.538. The molecule has 3 heteroatoms. The average molecular weight is 284 g/mol. The summed E-state index contributed by atoms with van der Waals surface area (Å²) in [6.07, 6.45) is 5.16. The second-order valence-corrected chi connectivity index (χ2v) is 5.22. The number of hydrogen-bond donors (Lipinski definition) is 1. The van der Waals surface area contributed by atoms with Gasteiger partial charge < -0.3 is 10.5 Å². The molecule has 1 aliphatic carbocycles. The molecule has 2 rings (SSSR count). The Hall–Kier alpha value is -0.540. The Labute approximate surface area is 105 Å². The van der Waals surface area contributed by atoms with Crippen LogP contribution in [0.2, 0.25) is 0 Å².